The molecule has 1 aromatic carbocycles. The summed E-state index contributed by atoms with van der Waals surface area (Å²) in [5.41, 5.74) is 4.90. The number of hydrogen-bond acceptors (Lipinski definition) is 3. The molecule has 0 radical (unpaired) electrons. The SMILES string of the molecule is COC(C)Cn1cnc2ccc(-c3cc(C)c(=O)n(C)c3)cc21. The van der Waals surface area contributed by atoms with E-state index in [1.807, 2.05) is 44.6 Å². The van der Waals surface area contributed by atoms with Crippen molar-refractivity contribution < 1.29 is 4.74 Å². The fraction of sp³-hybridized carbons (Fsp3) is 0.333. The molecule has 2 heterocycles. The second-order valence-corrected chi connectivity index (χ2v) is 5.97. The molecule has 0 saturated carbocycles. The molecule has 23 heavy (non-hydrogen) atoms. The molecule has 0 amide bonds. The lowest BCUT2D eigenvalue weighted by Gasteiger charge is -2.12. The Labute approximate surface area is 135 Å². The average Bonchev–Trinajstić information content (AvgIpc) is 2.94. The monoisotopic (exact) mass is 311 g/mol. The van der Waals surface area contributed by atoms with Crippen LogP contribution in [0.25, 0.3) is 22.2 Å². The number of pyridine rings is 1. The van der Waals surface area contributed by atoms with Crippen LogP contribution < -0.4 is 5.56 Å². The second kappa shape index (κ2) is 6.01. The van der Waals surface area contributed by atoms with Crippen LogP contribution in [0.1, 0.15) is 12.5 Å². The highest BCUT2D eigenvalue weighted by Gasteiger charge is 2.09. The minimum atomic E-state index is 0.0359. The topological polar surface area (TPSA) is 49.1 Å². The van der Waals surface area contributed by atoms with Crippen LogP contribution in [0.2, 0.25) is 0 Å². The van der Waals surface area contributed by atoms with Gasteiger partial charge in [-0.05, 0) is 43.2 Å². The predicted octanol–water partition coefficient (Wildman–Crippen LogP) is 2.75. The van der Waals surface area contributed by atoms with Crippen molar-refractivity contribution in [2.45, 2.75) is 26.5 Å². The molecule has 0 aliphatic heterocycles. The van der Waals surface area contributed by atoms with Crippen molar-refractivity contribution in [1.29, 1.82) is 0 Å². The summed E-state index contributed by atoms with van der Waals surface area (Å²) in [4.78, 5) is 16.3. The molecule has 0 N–H and O–H groups in total. The molecular formula is C18H21N3O2. The number of fused-ring (bicyclic) bond motifs is 1. The van der Waals surface area contributed by atoms with Crippen LogP contribution >= 0.6 is 0 Å². The van der Waals surface area contributed by atoms with Crippen molar-refractivity contribution in [1.82, 2.24) is 14.1 Å². The van der Waals surface area contributed by atoms with Gasteiger partial charge >= 0.3 is 0 Å². The molecule has 3 aromatic rings. The number of aryl methyl sites for hydroxylation is 2. The van der Waals surface area contributed by atoms with Crippen molar-refractivity contribution in [3.05, 3.63) is 52.7 Å². The maximum atomic E-state index is 11.9. The minimum Gasteiger partial charge on any atom is -0.380 e. The van der Waals surface area contributed by atoms with Crippen LogP contribution in [0.3, 0.4) is 0 Å². The van der Waals surface area contributed by atoms with Gasteiger partial charge in [0.05, 0.1) is 30.0 Å². The molecule has 1 atom stereocenters. The van der Waals surface area contributed by atoms with Gasteiger partial charge in [-0.3, -0.25) is 4.79 Å². The van der Waals surface area contributed by atoms with E-state index in [0.29, 0.717) is 0 Å². The predicted molar refractivity (Wildman–Crippen MR) is 91.6 cm³/mol. The van der Waals surface area contributed by atoms with Crippen LogP contribution in [0, 0.1) is 6.92 Å². The molecule has 0 aliphatic carbocycles. The van der Waals surface area contributed by atoms with E-state index >= 15 is 0 Å². The standard InChI is InChI=1S/C18H21N3O2/c1-12-7-15(10-20(3)18(12)22)14-5-6-16-17(8-14)21(11-19-16)9-13(2)23-4/h5-8,10-11,13H,9H2,1-4H3. The van der Waals surface area contributed by atoms with Crippen molar-refractivity contribution in [3.63, 3.8) is 0 Å². The van der Waals surface area contributed by atoms with E-state index in [-0.39, 0.29) is 11.7 Å². The molecule has 120 valence electrons. The first-order valence-corrected chi connectivity index (χ1v) is 7.65. The summed E-state index contributed by atoms with van der Waals surface area (Å²) in [5.74, 6) is 0. The van der Waals surface area contributed by atoms with Gasteiger partial charge in [0.1, 0.15) is 0 Å². The third-order valence-corrected chi connectivity index (χ3v) is 4.17. The molecule has 0 fully saturated rings. The molecule has 2 aromatic heterocycles. The summed E-state index contributed by atoms with van der Waals surface area (Å²) in [5, 5.41) is 0. The third kappa shape index (κ3) is 2.92. The molecule has 1 unspecified atom stereocenters. The largest absolute Gasteiger partial charge is 0.380 e. The van der Waals surface area contributed by atoms with Gasteiger partial charge in [0.25, 0.3) is 5.56 Å². The van der Waals surface area contributed by atoms with Crippen molar-refractivity contribution >= 4 is 11.0 Å². The Kier molecular flexibility index (Phi) is 4.05. The number of ether oxygens (including phenoxy) is 1. The van der Waals surface area contributed by atoms with Gasteiger partial charge in [0, 0.05) is 25.9 Å². The fourth-order valence-electron chi connectivity index (χ4n) is 2.77. The second-order valence-electron chi connectivity index (χ2n) is 5.97. The third-order valence-electron chi connectivity index (χ3n) is 4.17. The van der Waals surface area contributed by atoms with Gasteiger partial charge in [-0.2, -0.15) is 0 Å². The number of aromatic nitrogens is 3. The van der Waals surface area contributed by atoms with Crippen LogP contribution in [0.5, 0.6) is 0 Å². The zero-order valence-corrected chi connectivity index (χ0v) is 13.9. The smallest absolute Gasteiger partial charge is 0.253 e. The van der Waals surface area contributed by atoms with Gasteiger partial charge in [0.2, 0.25) is 0 Å². The molecule has 5 nitrogen and oxygen atoms in total. The van der Waals surface area contributed by atoms with E-state index in [1.54, 1.807) is 18.7 Å². The van der Waals surface area contributed by atoms with Gasteiger partial charge < -0.3 is 13.9 Å². The van der Waals surface area contributed by atoms with Crippen LogP contribution in [0.4, 0.5) is 0 Å². The molecule has 0 spiro atoms. The molecule has 0 bridgehead atoms. The van der Waals surface area contributed by atoms with Crippen molar-refractivity contribution in [2.24, 2.45) is 7.05 Å². The van der Waals surface area contributed by atoms with E-state index in [2.05, 4.69) is 15.6 Å². The summed E-state index contributed by atoms with van der Waals surface area (Å²) in [7, 11) is 3.49. The number of hydrogen-bond donors (Lipinski definition) is 0. The molecule has 5 heteroatoms. The van der Waals surface area contributed by atoms with E-state index < -0.39 is 0 Å². The summed E-state index contributed by atoms with van der Waals surface area (Å²) in [6, 6.07) is 8.10. The zero-order chi connectivity index (χ0) is 16.6. The first-order chi connectivity index (χ1) is 11.0. The number of imidazole rings is 1. The molecule has 3 rings (SSSR count). The quantitative estimate of drug-likeness (QED) is 0.744. The number of benzene rings is 1. The lowest BCUT2D eigenvalue weighted by molar-refractivity contribution is 0.104. The Morgan fingerprint density at radius 1 is 1.26 bits per heavy atom. The van der Waals surface area contributed by atoms with Crippen LogP contribution in [-0.4, -0.2) is 27.3 Å². The Bertz CT molecular complexity index is 882. The summed E-state index contributed by atoms with van der Waals surface area (Å²) in [6.45, 7) is 4.63. The summed E-state index contributed by atoms with van der Waals surface area (Å²) in [6.07, 6.45) is 3.83. The van der Waals surface area contributed by atoms with Crippen molar-refractivity contribution in [3.8, 4) is 11.1 Å². The Hall–Kier alpha value is -2.40. The fourth-order valence-corrected chi connectivity index (χ4v) is 2.77. The number of rotatable bonds is 4. The van der Waals surface area contributed by atoms with E-state index in [0.717, 1.165) is 34.3 Å². The lowest BCUT2D eigenvalue weighted by atomic mass is 10.1. The average molecular weight is 311 g/mol. The van der Waals surface area contributed by atoms with E-state index in [4.69, 9.17) is 4.74 Å². The Balaban J connectivity index is 2.09. The highest BCUT2D eigenvalue weighted by molar-refractivity contribution is 5.82. The molecule has 0 saturated heterocycles. The maximum Gasteiger partial charge on any atom is 0.253 e. The summed E-state index contributed by atoms with van der Waals surface area (Å²) < 4.78 is 9.07. The minimum absolute atomic E-state index is 0.0359. The van der Waals surface area contributed by atoms with E-state index in [1.165, 1.54) is 0 Å². The molecular weight excluding hydrogens is 290 g/mol. The highest BCUT2D eigenvalue weighted by Crippen LogP contribution is 2.24. The van der Waals surface area contributed by atoms with Gasteiger partial charge in [-0.1, -0.05) is 6.07 Å². The van der Waals surface area contributed by atoms with Gasteiger partial charge in [-0.15, -0.1) is 0 Å². The number of methoxy groups -OCH3 is 1. The summed E-state index contributed by atoms with van der Waals surface area (Å²) >= 11 is 0. The Morgan fingerprint density at radius 3 is 2.74 bits per heavy atom. The molecule has 0 aliphatic rings. The van der Waals surface area contributed by atoms with Crippen LogP contribution in [-0.2, 0) is 18.3 Å². The lowest BCUT2D eigenvalue weighted by Crippen LogP contribution is -2.18. The Morgan fingerprint density at radius 2 is 2.04 bits per heavy atom. The van der Waals surface area contributed by atoms with E-state index in [9.17, 15) is 4.79 Å². The first kappa shape index (κ1) is 15.5. The first-order valence-electron chi connectivity index (χ1n) is 7.65. The van der Waals surface area contributed by atoms with Gasteiger partial charge in [-0.25, -0.2) is 4.98 Å². The van der Waals surface area contributed by atoms with Gasteiger partial charge in [0.15, 0.2) is 0 Å². The maximum absolute atomic E-state index is 11.9. The normalized spacial score (nSPS) is 12.7. The zero-order valence-electron chi connectivity index (χ0n) is 13.9. The van der Waals surface area contributed by atoms with Crippen LogP contribution in [0.15, 0.2) is 41.6 Å². The van der Waals surface area contributed by atoms with Crippen molar-refractivity contribution in [2.75, 3.05) is 7.11 Å². The number of nitrogens with zero attached hydrogens (tertiary/aromatic N) is 3. The highest BCUT2D eigenvalue weighted by atomic mass is 16.5.